The Hall–Kier alpha value is -2.06. The lowest BCUT2D eigenvalue weighted by Gasteiger charge is -2.26. The molecular formula is C13H18N4O4. The number of non-ortho nitro benzene ring substituents is 1. The van der Waals surface area contributed by atoms with Crippen LogP contribution in [0.3, 0.4) is 0 Å². The minimum atomic E-state index is -0.614. The fraction of sp³-hybridized carbons (Fsp3) is 0.538. The van der Waals surface area contributed by atoms with Crippen LogP contribution in [-0.4, -0.2) is 47.5 Å². The molecule has 0 aromatic heterocycles. The van der Waals surface area contributed by atoms with E-state index in [-0.39, 0.29) is 11.4 Å². The summed E-state index contributed by atoms with van der Waals surface area (Å²) < 4.78 is 0. The van der Waals surface area contributed by atoms with E-state index in [4.69, 9.17) is 0 Å². The van der Waals surface area contributed by atoms with Gasteiger partial charge in [0.2, 0.25) is 0 Å². The molecule has 1 aromatic rings. The molecule has 1 N–H and O–H groups in total. The zero-order valence-corrected chi connectivity index (χ0v) is 11.7. The van der Waals surface area contributed by atoms with Crippen LogP contribution in [0.2, 0.25) is 0 Å². The van der Waals surface area contributed by atoms with Crippen LogP contribution in [0.1, 0.15) is 12.0 Å². The molecule has 0 spiro atoms. The average Bonchev–Trinajstić information content (AvgIpc) is 2.48. The second kappa shape index (κ2) is 7.09. The van der Waals surface area contributed by atoms with E-state index >= 15 is 0 Å². The lowest BCUT2D eigenvalue weighted by atomic mass is 10.1. The van der Waals surface area contributed by atoms with Crippen LogP contribution >= 0.6 is 0 Å². The maximum atomic E-state index is 11.0. The predicted octanol–water partition coefficient (Wildman–Crippen LogP) is 1.34. The second-order valence-electron chi connectivity index (χ2n) is 5.02. The minimum absolute atomic E-state index is 0.162. The third-order valence-corrected chi connectivity index (χ3v) is 3.61. The zero-order valence-electron chi connectivity index (χ0n) is 11.7. The number of nitrogens with zero attached hydrogens (tertiary/aromatic N) is 3. The molecule has 1 saturated heterocycles. The Morgan fingerprint density at radius 2 is 1.86 bits per heavy atom. The Morgan fingerprint density at radius 1 is 1.14 bits per heavy atom. The van der Waals surface area contributed by atoms with Crippen LogP contribution in [0.5, 0.6) is 0 Å². The number of rotatable bonds is 6. The van der Waals surface area contributed by atoms with Gasteiger partial charge in [-0.15, -0.1) is 0 Å². The van der Waals surface area contributed by atoms with Gasteiger partial charge in [-0.3, -0.25) is 20.2 Å². The molecule has 1 fully saturated rings. The van der Waals surface area contributed by atoms with Crippen LogP contribution in [0.25, 0.3) is 0 Å². The zero-order chi connectivity index (χ0) is 15.2. The maximum Gasteiger partial charge on any atom is 0.279 e. The van der Waals surface area contributed by atoms with Crippen molar-refractivity contribution in [1.29, 1.82) is 0 Å². The summed E-state index contributed by atoms with van der Waals surface area (Å²) in [5.41, 5.74) is 0.151. The molecule has 0 aliphatic carbocycles. The number of piperazine rings is 1. The minimum Gasteiger partial charge on any atom is -0.314 e. The quantitative estimate of drug-likeness (QED) is 0.627. The van der Waals surface area contributed by atoms with Gasteiger partial charge in [0, 0.05) is 37.8 Å². The molecule has 0 unspecified atom stereocenters. The molecule has 0 radical (unpaired) electrons. The number of hydrogen-bond acceptors (Lipinski definition) is 6. The SMILES string of the molecule is O=[N+]([O-])c1ccc(CCCN2CCNCC2)c([N+](=O)[O-])c1. The molecule has 114 valence electrons. The first-order valence-electron chi connectivity index (χ1n) is 6.92. The van der Waals surface area contributed by atoms with Gasteiger partial charge in [-0.1, -0.05) is 0 Å². The molecule has 0 saturated carbocycles. The highest BCUT2D eigenvalue weighted by Gasteiger charge is 2.19. The average molecular weight is 294 g/mol. The predicted molar refractivity (Wildman–Crippen MR) is 77.4 cm³/mol. The van der Waals surface area contributed by atoms with Crippen molar-refractivity contribution in [2.75, 3.05) is 32.7 Å². The fourth-order valence-electron chi connectivity index (χ4n) is 2.48. The fourth-order valence-corrected chi connectivity index (χ4v) is 2.48. The Balaban J connectivity index is 1.98. The molecule has 0 atom stereocenters. The first-order valence-corrected chi connectivity index (χ1v) is 6.92. The molecule has 1 aliphatic heterocycles. The topological polar surface area (TPSA) is 102 Å². The Labute approximate surface area is 122 Å². The molecule has 1 heterocycles. The first kappa shape index (κ1) is 15.3. The summed E-state index contributed by atoms with van der Waals surface area (Å²) in [6.45, 7) is 4.80. The van der Waals surface area contributed by atoms with Gasteiger partial charge in [0.05, 0.1) is 15.9 Å². The summed E-state index contributed by atoms with van der Waals surface area (Å²) in [6.07, 6.45) is 1.36. The van der Waals surface area contributed by atoms with E-state index < -0.39 is 9.85 Å². The van der Waals surface area contributed by atoms with Crippen molar-refractivity contribution < 1.29 is 9.85 Å². The van der Waals surface area contributed by atoms with Gasteiger partial charge in [0.1, 0.15) is 0 Å². The monoisotopic (exact) mass is 294 g/mol. The van der Waals surface area contributed by atoms with Crippen molar-refractivity contribution in [2.24, 2.45) is 0 Å². The van der Waals surface area contributed by atoms with E-state index in [0.717, 1.165) is 45.2 Å². The lowest BCUT2D eigenvalue weighted by molar-refractivity contribution is -0.394. The van der Waals surface area contributed by atoms with E-state index in [1.807, 2.05) is 0 Å². The smallest absolute Gasteiger partial charge is 0.279 e. The maximum absolute atomic E-state index is 11.0. The van der Waals surface area contributed by atoms with E-state index in [1.54, 1.807) is 0 Å². The third-order valence-electron chi connectivity index (χ3n) is 3.61. The molecule has 1 aliphatic rings. The number of aryl methyl sites for hydroxylation is 1. The van der Waals surface area contributed by atoms with Crippen molar-refractivity contribution in [1.82, 2.24) is 10.2 Å². The van der Waals surface area contributed by atoms with Crippen LogP contribution < -0.4 is 5.32 Å². The summed E-state index contributed by atoms with van der Waals surface area (Å²) in [5, 5.41) is 25.0. The van der Waals surface area contributed by atoms with Crippen molar-refractivity contribution in [2.45, 2.75) is 12.8 Å². The number of benzene rings is 1. The Kier molecular flexibility index (Phi) is 5.18. The molecular weight excluding hydrogens is 276 g/mol. The number of nitrogens with one attached hydrogen (secondary N) is 1. The number of nitro groups is 2. The Bertz CT molecular complexity index is 529. The van der Waals surface area contributed by atoms with Crippen LogP contribution in [-0.2, 0) is 6.42 Å². The summed E-state index contributed by atoms with van der Waals surface area (Å²) in [7, 11) is 0. The van der Waals surface area contributed by atoms with Crippen LogP contribution in [0.15, 0.2) is 18.2 Å². The summed E-state index contributed by atoms with van der Waals surface area (Å²) in [6, 6.07) is 3.86. The van der Waals surface area contributed by atoms with Gasteiger partial charge >= 0.3 is 0 Å². The molecule has 8 heteroatoms. The van der Waals surface area contributed by atoms with Gasteiger partial charge in [-0.25, -0.2) is 0 Å². The number of hydrogen-bond donors (Lipinski definition) is 1. The Morgan fingerprint density at radius 3 is 2.48 bits per heavy atom. The molecule has 1 aromatic carbocycles. The van der Waals surface area contributed by atoms with E-state index in [2.05, 4.69) is 10.2 Å². The van der Waals surface area contributed by atoms with E-state index in [0.29, 0.717) is 12.0 Å². The second-order valence-corrected chi connectivity index (χ2v) is 5.02. The van der Waals surface area contributed by atoms with E-state index in [9.17, 15) is 20.2 Å². The first-order chi connectivity index (χ1) is 10.1. The summed E-state index contributed by atoms with van der Waals surface area (Å²) in [4.78, 5) is 22.9. The normalized spacial score (nSPS) is 15.8. The van der Waals surface area contributed by atoms with Crippen LogP contribution in [0, 0.1) is 20.2 Å². The molecule has 0 bridgehead atoms. The van der Waals surface area contributed by atoms with Gasteiger partial charge in [-0.2, -0.15) is 0 Å². The van der Waals surface area contributed by atoms with Crippen molar-refractivity contribution in [3.8, 4) is 0 Å². The van der Waals surface area contributed by atoms with Gasteiger partial charge in [0.25, 0.3) is 11.4 Å². The van der Waals surface area contributed by atoms with Crippen molar-refractivity contribution in [3.05, 3.63) is 44.0 Å². The van der Waals surface area contributed by atoms with Crippen molar-refractivity contribution in [3.63, 3.8) is 0 Å². The molecule has 0 amide bonds. The largest absolute Gasteiger partial charge is 0.314 e. The van der Waals surface area contributed by atoms with Gasteiger partial charge in [-0.05, 0) is 25.5 Å². The van der Waals surface area contributed by atoms with Crippen LogP contribution in [0.4, 0.5) is 11.4 Å². The van der Waals surface area contributed by atoms with Gasteiger partial charge in [0.15, 0.2) is 0 Å². The lowest BCUT2D eigenvalue weighted by Crippen LogP contribution is -2.43. The highest BCUT2D eigenvalue weighted by Crippen LogP contribution is 2.25. The summed E-state index contributed by atoms with van der Waals surface area (Å²) >= 11 is 0. The van der Waals surface area contributed by atoms with Crippen molar-refractivity contribution >= 4 is 11.4 Å². The highest BCUT2D eigenvalue weighted by molar-refractivity contribution is 5.49. The summed E-state index contributed by atoms with van der Waals surface area (Å²) in [5.74, 6) is 0. The molecule has 8 nitrogen and oxygen atoms in total. The highest BCUT2D eigenvalue weighted by atomic mass is 16.6. The standard InChI is InChI=1S/C13H18N4O4/c18-16(19)12-4-3-11(13(10-12)17(20)21)2-1-7-15-8-5-14-6-9-15/h3-4,10,14H,1-2,5-9H2. The number of nitro benzene ring substituents is 2. The molecule has 2 rings (SSSR count). The third kappa shape index (κ3) is 4.20. The van der Waals surface area contributed by atoms with E-state index in [1.165, 1.54) is 12.1 Å². The molecule has 21 heavy (non-hydrogen) atoms. The van der Waals surface area contributed by atoms with Gasteiger partial charge < -0.3 is 10.2 Å².